The number of rotatable bonds is 6. The maximum atomic E-state index is 12.4. The third-order valence-corrected chi connectivity index (χ3v) is 5.33. The Morgan fingerprint density at radius 3 is 2.58 bits per heavy atom. The van der Waals surface area contributed by atoms with Crippen molar-refractivity contribution in [2.75, 3.05) is 11.9 Å². The van der Waals surface area contributed by atoms with E-state index in [-0.39, 0.29) is 10.5 Å². The first-order chi connectivity index (χ1) is 11.3. The molecule has 0 unspecified atom stereocenters. The van der Waals surface area contributed by atoms with Crippen molar-refractivity contribution in [1.82, 2.24) is 4.72 Å². The van der Waals surface area contributed by atoms with Gasteiger partial charge in [-0.2, -0.15) is 0 Å². The van der Waals surface area contributed by atoms with Gasteiger partial charge in [0.2, 0.25) is 10.0 Å². The maximum Gasteiger partial charge on any atom is 0.255 e. The van der Waals surface area contributed by atoms with Crippen LogP contribution in [-0.2, 0) is 10.0 Å². The standard InChI is InChI=1S/C17H19ClN2O3S/c1-3-10-19-24(22,23)14-7-4-6-13(11-14)17(21)20-16-9-5-8-15(18)12(16)2/h4-9,11,19H,3,10H2,1-2H3,(H,20,21). The quantitative estimate of drug-likeness (QED) is 0.820. The molecule has 128 valence electrons. The molecular formula is C17H19ClN2O3S. The smallest absolute Gasteiger partial charge is 0.255 e. The van der Waals surface area contributed by atoms with E-state index in [1.54, 1.807) is 37.3 Å². The summed E-state index contributed by atoms with van der Waals surface area (Å²) < 4.78 is 26.8. The number of anilines is 1. The van der Waals surface area contributed by atoms with Crippen molar-refractivity contribution in [3.05, 3.63) is 58.6 Å². The largest absolute Gasteiger partial charge is 0.322 e. The fraction of sp³-hybridized carbons (Fsp3) is 0.235. The zero-order valence-corrected chi connectivity index (χ0v) is 15.0. The second-order valence-electron chi connectivity index (χ2n) is 5.29. The first-order valence-electron chi connectivity index (χ1n) is 7.51. The summed E-state index contributed by atoms with van der Waals surface area (Å²) in [7, 11) is -3.62. The van der Waals surface area contributed by atoms with Gasteiger partial charge in [-0.15, -0.1) is 0 Å². The van der Waals surface area contributed by atoms with E-state index in [0.717, 1.165) is 5.56 Å². The Morgan fingerprint density at radius 1 is 1.17 bits per heavy atom. The van der Waals surface area contributed by atoms with Crippen molar-refractivity contribution in [3.8, 4) is 0 Å². The molecule has 0 saturated carbocycles. The van der Waals surface area contributed by atoms with Crippen LogP contribution in [0.5, 0.6) is 0 Å². The first-order valence-corrected chi connectivity index (χ1v) is 9.37. The molecule has 0 bridgehead atoms. The van der Waals surface area contributed by atoms with Crippen molar-refractivity contribution in [2.24, 2.45) is 0 Å². The van der Waals surface area contributed by atoms with Gasteiger partial charge in [0, 0.05) is 22.8 Å². The Hall–Kier alpha value is -1.89. The Morgan fingerprint density at radius 2 is 1.88 bits per heavy atom. The minimum absolute atomic E-state index is 0.0615. The molecule has 2 N–H and O–H groups in total. The number of halogens is 1. The molecule has 2 aromatic carbocycles. The highest BCUT2D eigenvalue weighted by Crippen LogP contribution is 2.23. The molecule has 0 saturated heterocycles. The van der Waals surface area contributed by atoms with Gasteiger partial charge >= 0.3 is 0 Å². The van der Waals surface area contributed by atoms with Crippen molar-refractivity contribution >= 4 is 33.2 Å². The summed E-state index contributed by atoms with van der Waals surface area (Å²) in [6.45, 7) is 4.02. The second-order valence-corrected chi connectivity index (χ2v) is 7.47. The number of benzene rings is 2. The third-order valence-electron chi connectivity index (χ3n) is 3.46. The van der Waals surface area contributed by atoms with Crippen LogP contribution in [0.1, 0.15) is 29.3 Å². The summed E-state index contributed by atoms with van der Waals surface area (Å²) in [5, 5.41) is 3.30. The number of hydrogen-bond acceptors (Lipinski definition) is 3. The van der Waals surface area contributed by atoms with E-state index >= 15 is 0 Å². The molecule has 24 heavy (non-hydrogen) atoms. The Bertz CT molecular complexity index is 851. The average Bonchev–Trinajstić information content (AvgIpc) is 2.57. The molecule has 2 aromatic rings. The summed E-state index contributed by atoms with van der Waals surface area (Å²) in [5.41, 5.74) is 1.60. The minimum Gasteiger partial charge on any atom is -0.322 e. The van der Waals surface area contributed by atoms with Gasteiger partial charge in [0.15, 0.2) is 0 Å². The van der Waals surface area contributed by atoms with E-state index < -0.39 is 15.9 Å². The van der Waals surface area contributed by atoms with Crippen LogP contribution in [0.2, 0.25) is 5.02 Å². The van der Waals surface area contributed by atoms with Crippen molar-refractivity contribution < 1.29 is 13.2 Å². The predicted molar refractivity (Wildman–Crippen MR) is 96.1 cm³/mol. The molecule has 0 spiro atoms. The van der Waals surface area contributed by atoms with Gasteiger partial charge < -0.3 is 5.32 Å². The highest BCUT2D eigenvalue weighted by atomic mass is 35.5. The molecule has 0 fully saturated rings. The van der Waals surface area contributed by atoms with Crippen LogP contribution in [0, 0.1) is 6.92 Å². The fourth-order valence-electron chi connectivity index (χ4n) is 2.06. The molecule has 0 aliphatic carbocycles. The Labute approximate surface area is 147 Å². The van der Waals surface area contributed by atoms with Crippen LogP contribution >= 0.6 is 11.6 Å². The summed E-state index contributed by atoms with van der Waals surface area (Å²) in [4.78, 5) is 12.5. The number of amides is 1. The summed E-state index contributed by atoms with van der Waals surface area (Å²) in [6, 6.07) is 11.1. The van der Waals surface area contributed by atoms with E-state index in [0.29, 0.717) is 23.7 Å². The molecule has 0 atom stereocenters. The molecule has 0 heterocycles. The van der Waals surface area contributed by atoms with Crippen LogP contribution < -0.4 is 10.0 Å². The Balaban J connectivity index is 2.25. The molecule has 2 rings (SSSR count). The van der Waals surface area contributed by atoms with E-state index in [1.165, 1.54) is 12.1 Å². The number of nitrogens with one attached hydrogen (secondary N) is 2. The molecule has 5 nitrogen and oxygen atoms in total. The van der Waals surface area contributed by atoms with E-state index in [2.05, 4.69) is 10.0 Å². The van der Waals surface area contributed by atoms with Gasteiger partial charge in [-0.1, -0.05) is 30.7 Å². The van der Waals surface area contributed by atoms with Crippen molar-refractivity contribution in [1.29, 1.82) is 0 Å². The SMILES string of the molecule is CCCNS(=O)(=O)c1cccc(C(=O)Nc2cccc(Cl)c2C)c1. The lowest BCUT2D eigenvalue weighted by molar-refractivity contribution is 0.102. The number of sulfonamides is 1. The highest BCUT2D eigenvalue weighted by molar-refractivity contribution is 7.89. The fourth-order valence-corrected chi connectivity index (χ4v) is 3.42. The molecule has 1 amide bonds. The monoisotopic (exact) mass is 366 g/mol. The minimum atomic E-state index is -3.62. The molecule has 0 aliphatic rings. The zero-order chi connectivity index (χ0) is 17.7. The highest BCUT2D eigenvalue weighted by Gasteiger charge is 2.16. The van der Waals surface area contributed by atoms with Crippen molar-refractivity contribution in [3.63, 3.8) is 0 Å². The van der Waals surface area contributed by atoms with Gasteiger partial charge in [-0.05, 0) is 49.2 Å². The third kappa shape index (κ3) is 4.35. The molecule has 0 radical (unpaired) electrons. The summed E-state index contributed by atoms with van der Waals surface area (Å²) >= 11 is 6.04. The van der Waals surface area contributed by atoms with E-state index in [1.807, 2.05) is 6.92 Å². The van der Waals surface area contributed by atoms with Crippen LogP contribution in [0.3, 0.4) is 0 Å². The maximum absolute atomic E-state index is 12.4. The lowest BCUT2D eigenvalue weighted by atomic mass is 10.1. The van der Waals surface area contributed by atoms with Crippen LogP contribution in [0.15, 0.2) is 47.4 Å². The molecule has 0 aromatic heterocycles. The van der Waals surface area contributed by atoms with Gasteiger partial charge in [-0.25, -0.2) is 13.1 Å². The van der Waals surface area contributed by atoms with E-state index in [9.17, 15) is 13.2 Å². The summed E-state index contributed by atoms with van der Waals surface area (Å²) in [6.07, 6.45) is 0.688. The van der Waals surface area contributed by atoms with Gasteiger partial charge in [0.05, 0.1) is 4.90 Å². The molecular weight excluding hydrogens is 348 g/mol. The average molecular weight is 367 g/mol. The first kappa shape index (κ1) is 18.4. The lowest BCUT2D eigenvalue weighted by Gasteiger charge is -2.11. The van der Waals surface area contributed by atoms with Crippen LogP contribution in [0.4, 0.5) is 5.69 Å². The molecule has 7 heteroatoms. The lowest BCUT2D eigenvalue weighted by Crippen LogP contribution is -2.24. The second kappa shape index (κ2) is 7.79. The van der Waals surface area contributed by atoms with Gasteiger partial charge in [0.1, 0.15) is 0 Å². The van der Waals surface area contributed by atoms with Crippen LogP contribution in [-0.4, -0.2) is 20.9 Å². The Kier molecular flexibility index (Phi) is 5.99. The summed E-state index contributed by atoms with van der Waals surface area (Å²) in [5.74, 6) is -0.395. The van der Waals surface area contributed by atoms with Gasteiger partial charge in [0.25, 0.3) is 5.91 Å². The number of carbonyl (C=O) groups excluding carboxylic acids is 1. The predicted octanol–water partition coefficient (Wildman–Crippen LogP) is 3.59. The van der Waals surface area contributed by atoms with Gasteiger partial charge in [-0.3, -0.25) is 4.79 Å². The number of hydrogen-bond donors (Lipinski definition) is 2. The zero-order valence-electron chi connectivity index (χ0n) is 13.5. The van der Waals surface area contributed by atoms with Crippen molar-refractivity contribution in [2.45, 2.75) is 25.2 Å². The molecule has 0 aliphatic heterocycles. The topological polar surface area (TPSA) is 75.3 Å². The van der Waals surface area contributed by atoms with E-state index in [4.69, 9.17) is 11.6 Å². The number of carbonyl (C=O) groups is 1. The normalized spacial score (nSPS) is 11.3. The van der Waals surface area contributed by atoms with Crippen LogP contribution in [0.25, 0.3) is 0 Å².